The number of carbonyl (C=O) groups is 2. The molecule has 0 radical (unpaired) electrons. The van der Waals surface area contributed by atoms with E-state index in [-0.39, 0.29) is 23.9 Å². The second-order valence-electron chi connectivity index (χ2n) is 6.88. The standard InChI is InChI=1S/C16H29N3O3/c1-11(2)9-14(15(21)17-3)19-7-4-5-13(19)16(22)18-8-6-12(20)10-18/h11-14,20H,4-10H2,1-3H3,(H,17,21)/t12-,13+,14-/m1/s1. The van der Waals surface area contributed by atoms with Gasteiger partial charge in [-0.3, -0.25) is 14.5 Å². The van der Waals surface area contributed by atoms with Crippen LogP contribution in [0.25, 0.3) is 0 Å². The number of β-amino-alcohol motifs (C(OH)–C–C–N with tert-alkyl or cyclic N) is 1. The molecule has 0 aliphatic carbocycles. The maximum Gasteiger partial charge on any atom is 0.240 e. The van der Waals surface area contributed by atoms with Gasteiger partial charge in [-0.15, -0.1) is 0 Å². The molecule has 0 aromatic heterocycles. The first kappa shape index (κ1) is 17.2. The molecular formula is C16H29N3O3. The molecule has 3 atom stereocenters. The van der Waals surface area contributed by atoms with Crippen LogP contribution in [0.1, 0.15) is 39.5 Å². The number of nitrogens with zero attached hydrogens (tertiary/aromatic N) is 2. The van der Waals surface area contributed by atoms with E-state index in [1.807, 2.05) is 0 Å². The van der Waals surface area contributed by atoms with Crippen LogP contribution < -0.4 is 5.32 Å². The zero-order valence-electron chi connectivity index (χ0n) is 13.9. The zero-order chi connectivity index (χ0) is 16.3. The van der Waals surface area contributed by atoms with Gasteiger partial charge in [0.1, 0.15) is 0 Å². The van der Waals surface area contributed by atoms with Crippen molar-refractivity contribution in [3.63, 3.8) is 0 Å². The molecule has 22 heavy (non-hydrogen) atoms. The summed E-state index contributed by atoms with van der Waals surface area (Å²) in [6.07, 6.45) is 2.76. The van der Waals surface area contributed by atoms with Crippen LogP contribution in [0.2, 0.25) is 0 Å². The average molecular weight is 311 g/mol. The van der Waals surface area contributed by atoms with Crippen molar-refractivity contribution in [1.29, 1.82) is 0 Å². The van der Waals surface area contributed by atoms with Gasteiger partial charge in [0.2, 0.25) is 11.8 Å². The molecule has 0 saturated carbocycles. The van der Waals surface area contributed by atoms with Gasteiger partial charge in [-0.1, -0.05) is 13.8 Å². The second kappa shape index (κ2) is 7.42. The number of likely N-dealkylation sites (tertiary alicyclic amines) is 2. The van der Waals surface area contributed by atoms with Crippen molar-refractivity contribution in [2.45, 2.75) is 57.7 Å². The van der Waals surface area contributed by atoms with E-state index in [0.29, 0.717) is 25.4 Å². The van der Waals surface area contributed by atoms with Crippen molar-refractivity contribution in [2.24, 2.45) is 5.92 Å². The molecule has 2 aliphatic heterocycles. The Kier molecular flexibility index (Phi) is 5.81. The molecule has 2 fully saturated rings. The summed E-state index contributed by atoms with van der Waals surface area (Å²) in [7, 11) is 1.65. The Labute approximate surface area is 132 Å². The molecular weight excluding hydrogens is 282 g/mol. The number of carbonyl (C=O) groups excluding carboxylic acids is 2. The van der Waals surface area contributed by atoms with E-state index in [1.165, 1.54) is 0 Å². The summed E-state index contributed by atoms with van der Waals surface area (Å²) in [5.41, 5.74) is 0. The van der Waals surface area contributed by atoms with Gasteiger partial charge >= 0.3 is 0 Å². The summed E-state index contributed by atoms with van der Waals surface area (Å²) in [5, 5.41) is 12.4. The Hall–Kier alpha value is -1.14. The Morgan fingerprint density at radius 1 is 1.27 bits per heavy atom. The Morgan fingerprint density at radius 2 is 2.00 bits per heavy atom. The average Bonchev–Trinajstić information content (AvgIpc) is 3.11. The minimum atomic E-state index is -0.399. The monoisotopic (exact) mass is 311 g/mol. The molecule has 2 heterocycles. The highest BCUT2D eigenvalue weighted by Crippen LogP contribution is 2.26. The highest BCUT2D eigenvalue weighted by atomic mass is 16.3. The molecule has 0 unspecified atom stereocenters. The van der Waals surface area contributed by atoms with Gasteiger partial charge in [-0.25, -0.2) is 0 Å². The van der Waals surface area contributed by atoms with E-state index >= 15 is 0 Å². The highest BCUT2D eigenvalue weighted by molar-refractivity contribution is 5.85. The van der Waals surface area contributed by atoms with E-state index in [9.17, 15) is 14.7 Å². The predicted octanol–water partition coefficient (Wildman–Crippen LogP) is 0.205. The Bertz CT molecular complexity index is 413. The molecule has 6 nitrogen and oxygen atoms in total. The number of likely N-dealkylation sites (N-methyl/N-ethyl adjacent to an activating group) is 1. The zero-order valence-corrected chi connectivity index (χ0v) is 13.9. The van der Waals surface area contributed by atoms with Crippen LogP contribution in [0.3, 0.4) is 0 Å². The van der Waals surface area contributed by atoms with E-state index < -0.39 is 6.10 Å². The van der Waals surface area contributed by atoms with Crippen molar-refractivity contribution in [1.82, 2.24) is 15.1 Å². The Morgan fingerprint density at radius 3 is 2.55 bits per heavy atom. The highest BCUT2D eigenvalue weighted by Gasteiger charge is 2.41. The van der Waals surface area contributed by atoms with Crippen LogP contribution in [0.5, 0.6) is 0 Å². The van der Waals surface area contributed by atoms with Gasteiger partial charge in [0.05, 0.1) is 18.2 Å². The SMILES string of the molecule is CNC(=O)[C@@H](CC(C)C)N1CCC[C@H]1C(=O)N1CC[C@@H](O)C1. The first-order valence-electron chi connectivity index (χ1n) is 8.38. The first-order chi connectivity index (χ1) is 10.4. The summed E-state index contributed by atoms with van der Waals surface area (Å²) in [6.45, 7) is 6.04. The first-order valence-corrected chi connectivity index (χ1v) is 8.38. The number of nitrogens with one attached hydrogen (secondary N) is 1. The van der Waals surface area contributed by atoms with Crippen LogP contribution in [-0.4, -0.2) is 71.6 Å². The van der Waals surface area contributed by atoms with E-state index in [1.54, 1.807) is 11.9 Å². The third-order valence-electron chi connectivity index (χ3n) is 4.70. The molecule has 126 valence electrons. The van der Waals surface area contributed by atoms with Crippen LogP contribution in [-0.2, 0) is 9.59 Å². The third-order valence-corrected chi connectivity index (χ3v) is 4.70. The fourth-order valence-corrected chi connectivity index (χ4v) is 3.59. The lowest BCUT2D eigenvalue weighted by molar-refractivity contribution is -0.138. The van der Waals surface area contributed by atoms with Gasteiger partial charge in [0, 0.05) is 20.1 Å². The van der Waals surface area contributed by atoms with Crippen molar-refractivity contribution >= 4 is 11.8 Å². The Balaban J connectivity index is 2.10. The normalized spacial score (nSPS) is 27.4. The van der Waals surface area contributed by atoms with E-state index in [4.69, 9.17) is 0 Å². The molecule has 0 aromatic carbocycles. The lowest BCUT2D eigenvalue weighted by Crippen LogP contribution is -2.53. The summed E-state index contributed by atoms with van der Waals surface area (Å²) in [6, 6.07) is -0.458. The molecule has 0 spiro atoms. The number of rotatable bonds is 5. The van der Waals surface area contributed by atoms with Gasteiger partial charge in [0.25, 0.3) is 0 Å². The lowest BCUT2D eigenvalue weighted by Gasteiger charge is -2.34. The molecule has 6 heteroatoms. The van der Waals surface area contributed by atoms with Crippen molar-refractivity contribution in [2.75, 3.05) is 26.7 Å². The topological polar surface area (TPSA) is 72.9 Å². The smallest absolute Gasteiger partial charge is 0.240 e. The molecule has 2 saturated heterocycles. The fourth-order valence-electron chi connectivity index (χ4n) is 3.59. The van der Waals surface area contributed by atoms with E-state index in [0.717, 1.165) is 25.8 Å². The van der Waals surface area contributed by atoms with Crippen LogP contribution >= 0.6 is 0 Å². The number of hydrogen-bond acceptors (Lipinski definition) is 4. The maximum absolute atomic E-state index is 12.7. The largest absolute Gasteiger partial charge is 0.391 e. The second-order valence-corrected chi connectivity index (χ2v) is 6.88. The van der Waals surface area contributed by atoms with Gasteiger partial charge in [0.15, 0.2) is 0 Å². The summed E-state index contributed by atoms with van der Waals surface area (Å²) in [4.78, 5) is 28.8. The van der Waals surface area contributed by atoms with Crippen LogP contribution in [0.15, 0.2) is 0 Å². The lowest BCUT2D eigenvalue weighted by atomic mass is 10.0. The van der Waals surface area contributed by atoms with Crippen LogP contribution in [0, 0.1) is 5.92 Å². The summed E-state index contributed by atoms with van der Waals surface area (Å²) < 4.78 is 0. The molecule has 2 N–H and O–H groups in total. The van der Waals surface area contributed by atoms with Gasteiger partial charge in [-0.2, -0.15) is 0 Å². The van der Waals surface area contributed by atoms with Gasteiger partial charge in [-0.05, 0) is 38.1 Å². The quantitative estimate of drug-likeness (QED) is 0.761. The predicted molar refractivity (Wildman–Crippen MR) is 84.2 cm³/mol. The van der Waals surface area contributed by atoms with Crippen molar-refractivity contribution < 1.29 is 14.7 Å². The molecule has 0 aromatic rings. The number of aliphatic hydroxyl groups excluding tert-OH is 1. The fraction of sp³-hybridized carbons (Fsp3) is 0.875. The summed E-state index contributed by atoms with van der Waals surface area (Å²) >= 11 is 0. The number of amides is 2. The van der Waals surface area contributed by atoms with Gasteiger partial charge < -0.3 is 15.3 Å². The molecule has 2 amide bonds. The van der Waals surface area contributed by atoms with E-state index in [2.05, 4.69) is 24.1 Å². The van der Waals surface area contributed by atoms with Crippen molar-refractivity contribution in [3.05, 3.63) is 0 Å². The molecule has 2 aliphatic rings. The number of aliphatic hydroxyl groups is 1. The third kappa shape index (κ3) is 3.79. The minimum Gasteiger partial charge on any atom is -0.391 e. The summed E-state index contributed by atoms with van der Waals surface area (Å²) in [5.74, 6) is 0.467. The molecule has 2 rings (SSSR count). The number of hydrogen-bond donors (Lipinski definition) is 2. The molecule has 0 bridgehead atoms. The minimum absolute atomic E-state index is 0.00476. The van der Waals surface area contributed by atoms with Crippen molar-refractivity contribution in [3.8, 4) is 0 Å². The maximum atomic E-state index is 12.7. The van der Waals surface area contributed by atoms with Crippen LogP contribution in [0.4, 0.5) is 0 Å².